The van der Waals surface area contributed by atoms with Gasteiger partial charge in [-0.25, -0.2) is 0 Å². The maximum Gasteiger partial charge on any atom is 0.110 e. The highest BCUT2D eigenvalue weighted by molar-refractivity contribution is 9.10. The summed E-state index contributed by atoms with van der Waals surface area (Å²) in [4.78, 5) is 0. The average molecular weight is 506 g/mol. The van der Waals surface area contributed by atoms with E-state index >= 15 is 0 Å². The van der Waals surface area contributed by atoms with Crippen LogP contribution < -0.4 is 11.9 Å². The highest BCUT2D eigenvalue weighted by Gasteiger charge is 2.47. The van der Waals surface area contributed by atoms with Crippen molar-refractivity contribution in [1.29, 1.82) is 0 Å². The maximum absolute atomic E-state index is 9.50. The lowest BCUT2D eigenvalue weighted by atomic mass is 10.1. The van der Waals surface area contributed by atoms with E-state index in [4.69, 9.17) is 10.5 Å². The van der Waals surface area contributed by atoms with Gasteiger partial charge in [0.05, 0.1) is 18.2 Å². The summed E-state index contributed by atoms with van der Waals surface area (Å²) < 4.78 is 7.70. The predicted molar refractivity (Wildman–Crippen MR) is 118 cm³/mol. The molecule has 1 saturated heterocycles. The molecule has 2 aromatic rings. The zero-order chi connectivity index (χ0) is 16.1. The summed E-state index contributed by atoms with van der Waals surface area (Å²) in [6.07, 6.45) is 2.28. The number of nitrogens with two attached hydrogens (primary N) is 1. The summed E-state index contributed by atoms with van der Waals surface area (Å²) in [5.74, 6) is 0. The van der Waals surface area contributed by atoms with Crippen molar-refractivity contribution in [2.45, 2.75) is 52.0 Å². The van der Waals surface area contributed by atoms with Crippen molar-refractivity contribution in [2.24, 2.45) is 5.73 Å². The molecule has 5 rings (SSSR count). The van der Waals surface area contributed by atoms with Crippen LogP contribution in [0.1, 0.15) is 49.3 Å². The van der Waals surface area contributed by atoms with Crippen molar-refractivity contribution in [3.8, 4) is 0 Å². The number of epoxide rings is 1. The minimum absolute atomic E-state index is 0. The van der Waals surface area contributed by atoms with Crippen molar-refractivity contribution in [3.63, 3.8) is 0 Å². The van der Waals surface area contributed by atoms with E-state index in [1.54, 1.807) is 0 Å². The number of halogens is 2. The Hall–Kier alpha value is -0.800. The third-order valence-corrected chi connectivity index (χ3v) is 6.28. The molecule has 0 bridgehead atoms. The molecule has 0 amide bonds. The Kier molecular flexibility index (Phi) is 9.81. The smallest absolute Gasteiger partial charge is 0.110 e. The third kappa shape index (κ3) is 4.79. The van der Waals surface area contributed by atoms with Gasteiger partial charge in [0, 0.05) is 21.8 Å². The maximum atomic E-state index is 9.50. The van der Waals surface area contributed by atoms with Crippen molar-refractivity contribution in [2.75, 3.05) is 0 Å². The molecule has 0 unspecified atom stereocenters. The van der Waals surface area contributed by atoms with Crippen molar-refractivity contribution in [3.05, 3.63) is 67.6 Å². The standard InChI is InChI=1S/C9H10BrNO.C9H7BrO.2CH4.H3N.H2O/c10-7-3-1-2-5-6(7)4-8(12)9(5)11;10-7-3-1-2-5-6(7)4-8-9(5)11-8;;;;/h1-3,8-9,12H,4,11H2;1-3,8-9H,4H2;2*1H4;1H3;1H2/t8-,9-;8-,9+;;;;/m11..../s1. The van der Waals surface area contributed by atoms with Gasteiger partial charge in [-0.3, -0.25) is 0 Å². The van der Waals surface area contributed by atoms with E-state index in [0.717, 1.165) is 22.0 Å². The minimum Gasteiger partial charge on any atom is -0.412 e. The second-order valence-corrected chi connectivity index (χ2v) is 7.92. The van der Waals surface area contributed by atoms with Gasteiger partial charge in [0.15, 0.2) is 0 Å². The van der Waals surface area contributed by atoms with Crippen LogP contribution in [0, 0.1) is 0 Å². The quantitative estimate of drug-likeness (QED) is 0.458. The lowest BCUT2D eigenvalue weighted by molar-refractivity contribution is 0.158. The first-order valence-corrected chi connectivity index (χ1v) is 9.28. The molecule has 0 saturated carbocycles. The van der Waals surface area contributed by atoms with Crippen LogP contribution in [0.3, 0.4) is 0 Å². The molecule has 152 valence electrons. The first-order chi connectivity index (χ1) is 11.1. The van der Waals surface area contributed by atoms with Crippen LogP contribution in [0.25, 0.3) is 0 Å². The van der Waals surface area contributed by atoms with Crippen molar-refractivity contribution >= 4 is 31.9 Å². The molecule has 2 aliphatic carbocycles. The second kappa shape index (κ2) is 10.1. The van der Waals surface area contributed by atoms with Crippen LogP contribution in [-0.2, 0) is 17.6 Å². The lowest BCUT2D eigenvalue weighted by Crippen LogP contribution is -2.21. The summed E-state index contributed by atoms with van der Waals surface area (Å²) in [7, 11) is 0. The monoisotopic (exact) mass is 504 g/mol. The van der Waals surface area contributed by atoms with Crippen molar-refractivity contribution in [1.82, 2.24) is 6.15 Å². The van der Waals surface area contributed by atoms with Crippen LogP contribution in [0.5, 0.6) is 0 Å². The molecule has 7 heteroatoms. The zero-order valence-corrected chi connectivity index (χ0v) is 16.8. The number of fused-ring (bicyclic) bond motifs is 4. The van der Waals surface area contributed by atoms with Gasteiger partial charge < -0.3 is 27.2 Å². The van der Waals surface area contributed by atoms with Crippen LogP contribution in [0.15, 0.2) is 45.3 Å². The van der Waals surface area contributed by atoms with Gasteiger partial charge in [0.2, 0.25) is 0 Å². The van der Waals surface area contributed by atoms with E-state index < -0.39 is 6.10 Å². The molecule has 5 nitrogen and oxygen atoms in total. The average Bonchev–Trinajstić information content (AvgIpc) is 3.12. The summed E-state index contributed by atoms with van der Waals surface area (Å²) in [5, 5.41) is 9.50. The van der Waals surface area contributed by atoms with Gasteiger partial charge in [-0.1, -0.05) is 71.0 Å². The van der Waals surface area contributed by atoms with Crippen LogP contribution >= 0.6 is 31.9 Å². The summed E-state index contributed by atoms with van der Waals surface area (Å²) in [5.41, 5.74) is 10.9. The van der Waals surface area contributed by atoms with Gasteiger partial charge in [0.1, 0.15) is 6.10 Å². The molecule has 4 atom stereocenters. The Bertz CT molecular complexity index is 773. The molecule has 1 fully saturated rings. The summed E-state index contributed by atoms with van der Waals surface area (Å²) >= 11 is 6.98. The van der Waals surface area contributed by atoms with Crippen LogP contribution in [0.4, 0.5) is 0 Å². The predicted octanol–water partition coefficient (Wildman–Crippen LogP) is 4.42. The van der Waals surface area contributed by atoms with Crippen molar-refractivity contribution < 1.29 is 15.3 Å². The van der Waals surface area contributed by atoms with Gasteiger partial charge in [-0.15, -0.1) is 0 Å². The van der Waals surface area contributed by atoms with E-state index in [1.807, 2.05) is 18.2 Å². The fraction of sp³-hybridized carbons (Fsp3) is 0.400. The van der Waals surface area contributed by atoms with Gasteiger partial charge in [0.25, 0.3) is 0 Å². The second-order valence-electron chi connectivity index (χ2n) is 6.21. The Labute approximate surface area is 178 Å². The number of benzene rings is 2. The molecule has 1 aliphatic heterocycles. The SMILES string of the molecule is Brc1cccc2c1C[C@H]1O[C@@H]21.C.C.N.N[C@@H]1c2cccc(Br)c2C[C@H]1O.O. The molecule has 0 radical (unpaired) electrons. The topological polar surface area (TPSA) is 125 Å². The Morgan fingerprint density at radius 2 is 1.44 bits per heavy atom. The summed E-state index contributed by atoms with van der Waals surface area (Å²) in [6.45, 7) is 0. The zero-order valence-electron chi connectivity index (χ0n) is 13.6. The largest absolute Gasteiger partial charge is 0.412 e. The van der Waals surface area contributed by atoms with Gasteiger partial charge in [-0.05, 0) is 34.4 Å². The molecule has 1 heterocycles. The molecule has 0 aromatic heterocycles. The summed E-state index contributed by atoms with van der Waals surface area (Å²) in [6, 6.07) is 12.0. The molecule has 27 heavy (non-hydrogen) atoms. The van der Waals surface area contributed by atoms with E-state index in [-0.39, 0.29) is 32.5 Å². The fourth-order valence-electron chi connectivity index (χ4n) is 3.48. The Morgan fingerprint density at radius 1 is 0.926 bits per heavy atom. The number of ether oxygens (including phenoxy) is 1. The number of aliphatic hydroxyl groups excluding tert-OH is 1. The van der Waals surface area contributed by atoms with Gasteiger partial charge >= 0.3 is 0 Å². The number of hydrogen-bond acceptors (Lipinski definition) is 4. The van der Waals surface area contributed by atoms with E-state index in [1.165, 1.54) is 15.6 Å². The fourth-order valence-corrected chi connectivity index (χ4v) is 4.56. The first-order valence-electron chi connectivity index (χ1n) is 7.70. The first kappa shape index (κ1) is 26.2. The molecule has 8 N–H and O–H groups in total. The van der Waals surface area contributed by atoms with E-state index in [2.05, 4.69) is 50.1 Å². The number of aliphatic hydroxyl groups is 1. The molecular weight excluding hydrogens is 476 g/mol. The third-order valence-electron chi connectivity index (χ3n) is 4.79. The minimum atomic E-state index is -0.418. The van der Waals surface area contributed by atoms with Crippen LogP contribution in [-0.4, -0.2) is 22.8 Å². The normalized spacial score (nSPS) is 24.9. The Morgan fingerprint density at radius 3 is 1.96 bits per heavy atom. The van der Waals surface area contributed by atoms with E-state index in [9.17, 15) is 5.11 Å². The van der Waals surface area contributed by atoms with Gasteiger partial charge in [-0.2, -0.15) is 0 Å². The van der Waals surface area contributed by atoms with E-state index in [0.29, 0.717) is 18.6 Å². The number of hydrogen-bond donors (Lipinski definition) is 3. The molecular formula is C20H30Br2N2O3. The molecule has 0 spiro atoms. The molecule has 2 aromatic carbocycles. The molecule has 3 aliphatic rings. The highest BCUT2D eigenvalue weighted by Crippen LogP contribution is 2.50. The lowest BCUT2D eigenvalue weighted by Gasteiger charge is -2.07. The van der Waals surface area contributed by atoms with Crippen LogP contribution in [0.2, 0.25) is 0 Å². The Balaban J connectivity index is 0.000000437. The highest BCUT2D eigenvalue weighted by atomic mass is 79.9. The number of rotatable bonds is 0.